The summed E-state index contributed by atoms with van der Waals surface area (Å²) in [5.41, 5.74) is 0.0958. The predicted octanol–water partition coefficient (Wildman–Crippen LogP) is 2.50. The number of H-pyrrole nitrogens is 1. The molecule has 1 aliphatic rings. The Hall–Kier alpha value is -2.08. The number of aromatic nitrogens is 2. The molecule has 0 saturated heterocycles. The van der Waals surface area contributed by atoms with Crippen molar-refractivity contribution in [3.05, 3.63) is 52.1 Å². The monoisotopic (exact) mass is 288 g/mol. The number of nitrogens with one attached hydrogen (secondary N) is 1. The molecule has 2 N–H and O–H groups in total. The molecular weight excluding hydrogens is 276 g/mol. The fraction of sp³-hybridized carbons (Fsp3) is 0.214. The van der Waals surface area contributed by atoms with E-state index in [1.807, 2.05) is 0 Å². The smallest absolute Gasteiger partial charge is 0.335 e. The lowest BCUT2D eigenvalue weighted by Crippen LogP contribution is -2.09. The number of carboxylic acids is 1. The first-order chi connectivity index (χ1) is 9.61. The van der Waals surface area contributed by atoms with Crippen LogP contribution < -0.4 is 5.56 Å². The van der Waals surface area contributed by atoms with Gasteiger partial charge >= 0.3 is 5.97 Å². The molecule has 2 aromatic rings. The van der Waals surface area contributed by atoms with Gasteiger partial charge in [-0.25, -0.2) is 9.78 Å². The molecule has 0 radical (unpaired) electrons. The summed E-state index contributed by atoms with van der Waals surface area (Å²) in [5, 5.41) is 9.48. The minimum absolute atomic E-state index is 0.147. The highest BCUT2D eigenvalue weighted by molar-refractivity contribution is 7.99. The van der Waals surface area contributed by atoms with Crippen LogP contribution in [0.15, 0.2) is 45.0 Å². The third kappa shape index (κ3) is 2.91. The number of nitrogens with zero attached hydrogens (tertiary/aromatic N) is 1. The van der Waals surface area contributed by atoms with Crippen molar-refractivity contribution >= 4 is 17.7 Å². The second kappa shape index (κ2) is 5.13. The van der Waals surface area contributed by atoms with Gasteiger partial charge in [-0.05, 0) is 37.1 Å². The summed E-state index contributed by atoms with van der Waals surface area (Å²) < 4.78 is 0. The number of carboxylic acid groups (broad SMARTS) is 1. The molecule has 6 heteroatoms. The first-order valence-electron chi connectivity index (χ1n) is 6.24. The third-order valence-corrected chi connectivity index (χ3v) is 3.95. The fourth-order valence-corrected chi connectivity index (χ4v) is 2.67. The maximum Gasteiger partial charge on any atom is 0.335 e. The van der Waals surface area contributed by atoms with Gasteiger partial charge in [-0.1, -0.05) is 11.8 Å². The van der Waals surface area contributed by atoms with Gasteiger partial charge in [0.25, 0.3) is 5.56 Å². The summed E-state index contributed by atoms with van der Waals surface area (Å²) in [6.45, 7) is 0. The number of benzene rings is 1. The average molecular weight is 288 g/mol. The molecule has 1 aliphatic carbocycles. The molecule has 0 aliphatic heterocycles. The zero-order valence-electron chi connectivity index (χ0n) is 10.5. The lowest BCUT2D eigenvalue weighted by molar-refractivity contribution is 0.0697. The average Bonchev–Trinajstić information content (AvgIpc) is 3.23. The highest BCUT2D eigenvalue weighted by Gasteiger charge is 2.26. The Labute approximate surface area is 119 Å². The van der Waals surface area contributed by atoms with Gasteiger partial charge in [0.05, 0.1) is 5.56 Å². The Bertz CT molecular complexity index is 705. The molecular formula is C14H12N2O3S. The molecule has 1 aromatic heterocycles. The van der Waals surface area contributed by atoms with E-state index in [0.29, 0.717) is 10.9 Å². The predicted molar refractivity (Wildman–Crippen MR) is 74.4 cm³/mol. The van der Waals surface area contributed by atoms with Gasteiger partial charge in [-0.15, -0.1) is 0 Å². The summed E-state index contributed by atoms with van der Waals surface area (Å²) in [4.78, 5) is 30.4. The normalized spacial score (nSPS) is 14.2. The number of aromatic amines is 1. The van der Waals surface area contributed by atoms with Gasteiger partial charge in [-0.2, -0.15) is 0 Å². The van der Waals surface area contributed by atoms with Crippen LogP contribution in [0.4, 0.5) is 0 Å². The minimum atomic E-state index is -0.952. The Kier molecular flexibility index (Phi) is 3.31. The highest BCUT2D eigenvalue weighted by Crippen LogP contribution is 2.38. The van der Waals surface area contributed by atoms with Gasteiger partial charge < -0.3 is 10.1 Å². The van der Waals surface area contributed by atoms with Gasteiger partial charge in [0.15, 0.2) is 0 Å². The molecule has 0 bridgehead atoms. The molecule has 1 fully saturated rings. The Balaban J connectivity index is 1.83. The molecule has 3 rings (SSSR count). The van der Waals surface area contributed by atoms with E-state index in [0.717, 1.165) is 23.6 Å². The van der Waals surface area contributed by atoms with Crippen LogP contribution in [-0.4, -0.2) is 21.0 Å². The molecule has 5 nitrogen and oxygen atoms in total. The molecule has 0 unspecified atom stereocenters. The van der Waals surface area contributed by atoms with Crippen molar-refractivity contribution in [2.24, 2.45) is 0 Å². The van der Waals surface area contributed by atoms with E-state index in [9.17, 15) is 9.59 Å². The van der Waals surface area contributed by atoms with E-state index in [1.54, 1.807) is 24.3 Å². The van der Waals surface area contributed by atoms with Crippen molar-refractivity contribution in [3.63, 3.8) is 0 Å². The van der Waals surface area contributed by atoms with Crippen molar-refractivity contribution in [2.75, 3.05) is 0 Å². The van der Waals surface area contributed by atoms with Crippen LogP contribution in [-0.2, 0) is 0 Å². The molecule has 1 aromatic carbocycles. The molecule has 1 heterocycles. The number of hydrogen-bond acceptors (Lipinski definition) is 4. The quantitative estimate of drug-likeness (QED) is 0.845. The van der Waals surface area contributed by atoms with Crippen LogP contribution >= 0.6 is 11.8 Å². The summed E-state index contributed by atoms with van der Waals surface area (Å²) in [5.74, 6) is 0.187. The topological polar surface area (TPSA) is 83.0 Å². The highest BCUT2D eigenvalue weighted by atomic mass is 32.2. The number of hydrogen-bond donors (Lipinski definition) is 2. The van der Waals surface area contributed by atoms with E-state index < -0.39 is 5.97 Å². The first-order valence-corrected chi connectivity index (χ1v) is 7.06. The maximum absolute atomic E-state index is 11.6. The molecule has 0 spiro atoms. The molecule has 0 amide bonds. The van der Waals surface area contributed by atoms with Gasteiger partial charge in [0, 0.05) is 16.9 Å². The summed E-state index contributed by atoms with van der Waals surface area (Å²) in [7, 11) is 0. The summed E-state index contributed by atoms with van der Waals surface area (Å²) in [6, 6.07) is 7.97. The van der Waals surface area contributed by atoms with Crippen LogP contribution in [0.2, 0.25) is 0 Å². The van der Waals surface area contributed by atoms with Crippen LogP contribution in [0.5, 0.6) is 0 Å². The van der Waals surface area contributed by atoms with Crippen molar-refractivity contribution < 1.29 is 9.90 Å². The number of carbonyl (C=O) groups is 1. The molecule has 0 atom stereocenters. The van der Waals surface area contributed by atoms with Crippen molar-refractivity contribution in [2.45, 2.75) is 28.7 Å². The van der Waals surface area contributed by atoms with Crippen LogP contribution in [0.1, 0.15) is 34.9 Å². The van der Waals surface area contributed by atoms with Crippen molar-refractivity contribution in [1.29, 1.82) is 0 Å². The van der Waals surface area contributed by atoms with Crippen molar-refractivity contribution in [3.8, 4) is 0 Å². The molecule has 1 saturated carbocycles. The second-order valence-electron chi connectivity index (χ2n) is 4.67. The zero-order chi connectivity index (χ0) is 14.1. The lowest BCUT2D eigenvalue weighted by Gasteiger charge is -2.03. The van der Waals surface area contributed by atoms with Gasteiger partial charge in [0.1, 0.15) is 10.9 Å². The van der Waals surface area contributed by atoms with E-state index in [-0.39, 0.29) is 11.1 Å². The van der Waals surface area contributed by atoms with Crippen LogP contribution in [0, 0.1) is 0 Å². The zero-order valence-corrected chi connectivity index (χ0v) is 11.3. The first kappa shape index (κ1) is 12.9. The van der Waals surface area contributed by atoms with Crippen molar-refractivity contribution in [1.82, 2.24) is 9.97 Å². The minimum Gasteiger partial charge on any atom is -0.478 e. The van der Waals surface area contributed by atoms with E-state index in [1.165, 1.54) is 17.8 Å². The number of aromatic carboxylic acids is 1. The maximum atomic E-state index is 11.6. The molecule has 102 valence electrons. The lowest BCUT2D eigenvalue weighted by atomic mass is 10.2. The summed E-state index contributed by atoms with van der Waals surface area (Å²) >= 11 is 1.36. The number of rotatable bonds is 4. The third-order valence-electron chi connectivity index (χ3n) is 3.02. The largest absolute Gasteiger partial charge is 0.478 e. The van der Waals surface area contributed by atoms with Gasteiger partial charge in [-0.3, -0.25) is 4.79 Å². The Morgan fingerprint density at radius 1 is 1.30 bits per heavy atom. The van der Waals surface area contributed by atoms with Crippen LogP contribution in [0.3, 0.4) is 0 Å². The Morgan fingerprint density at radius 3 is 2.60 bits per heavy atom. The standard InChI is InChI=1S/C14H12N2O3S/c17-11-7-12(16-13(15-11)8-1-2-8)20-10-5-3-9(4-6-10)14(18)19/h3-8H,1-2H2,(H,18,19)(H,15,16,17). The summed E-state index contributed by atoms with van der Waals surface area (Å²) in [6.07, 6.45) is 2.15. The van der Waals surface area contributed by atoms with Crippen LogP contribution in [0.25, 0.3) is 0 Å². The fourth-order valence-electron chi connectivity index (χ4n) is 1.84. The van der Waals surface area contributed by atoms with E-state index >= 15 is 0 Å². The van der Waals surface area contributed by atoms with E-state index in [2.05, 4.69) is 9.97 Å². The van der Waals surface area contributed by atoms with E-state index in [4.69, 9.17) is 5.11 Å². The Morgan fingerprint density at radius 2 is 2.00 bits per heavy atom. The second-order valence-corrected chi connectivity index (χ2v) is 5.77. The van der Waals surface area contributed by atoms with Gasteiger partial charge in [0.2, 0.25) is 0 Å². The molecule has 20 heavy (non-hydrogen) atoms. The SMILES string of the molecule is O=C(O)c1ccc(Sc2cc(=O)[nH]c(C3CC3)n2)cc1.